The first-order valence-electron chi connectivity index (χ1n) is 8.33. The van der Waals surface area contributed by atoms with Crippen LogP contribution < -0.4 is 4.74 Å². The molecule has 0 unspecified atom stereocenters. The number of nitrogens with zero attached hydrogens (tertiary/aromatic N) is 6. The first kappa shape index (κ1) is 20.1. The van der Waals surface area contributed by atoms with Crippen LogP contribution >= 0.6 is 11.8 Å². The molecule has 0 bridgehead atoms. The molecular formula is C17H11F5N6OS. The van der Waals surface area contributed by atoms with Crippen molar-refractivity contribution >= 4 is 22.8 Å². The van der Waals surface area contributed by atoms with E-state index in [1.54, 1.807) is 24.3 Å². The van der Waals surface area contributed by atoms with Gasteiger partial charge in [-0.1, -0.05) is 23.9 Å². The third-order valence-electron chi connectivity index (χ3n) is 3.95. The van der Waals surface area contributed by atoms with Crippen molar-refractivity contribution in [2.24, 2.45) is 0 Å². The monoisotopic (exact) mass is 442 g/mol. The van der Waals surface area contributed by atoms with Gasteiger partial charge in [-0.3, -0.25) is 4.57 Å². The van der Waals surface area contributed by atoms with Gasteiger partial charge in [0.1, 0.15) is 11.6 Å². The Labute approximate surface area is 169 Å². The van der Waals surface area contributed by atoms with Crippen LogP contribution in [0.3, 0.4) is 0 Å². The first-order valence-corrected chi connectivity index (χ1v) is 9.32. The van der Waals surface area contributed by atoms with E-state index in [-0.39, 0.29) is 22.5 Å². The average molecular weight is 442 g/mol. The molecule has 156 valence electrons. The molecule has 2 aromatic heterocycles. The Morgan fingerprint density at radius 1 is 1.03 bits per heavy atom. The molecule has 0 amide bonds. The van der Waals surface area contributed by atoms with E-state index >= 15 is 0 Å². The van der Waals surface area contributed by atoms with Crippen LogP contribution in [0, 0.1) is 0 Å². The van der Waals surface area contributed by atoms with Gasteiger partial charge in [0.2, 0.25) is 5.16 Å². The molecule has 0 radical (unpaired) electrons. The van der Waals surface area contributed by atoms with Crippen LogP contribution in [0.2, 0.25) is 0 Å². The van der Waals surface area contributed by atoms with Gasteiger partial charge in [-0.25, -0.2) is 4.98 Å². The number of ether oxygens (including phenoxy) is 1. The van der Waals surface area contributed by atoms with Crippen molar-refractivity contribution < 1.29 is 26.7 Å². The molecule has 2 aromatic carbocycles. The zero-order valence-corrected chi connectivity index (χ0v) is 15.6. The number of halogens is 5. The van der Waals surface area contributed by atoms with Gasteiger partial charge in [-0.15, -0.1) is 18.3 Å². The zero-order chi connectivity index (χ0) is 21.3. The van der Waals surface area contributed by atoms with Crippen LogP contribution in [0.1, 0.15) is 12.4 Å². The van der Waals surface area contributed by atoms with Crippen molar-refractivity contribution in [2.45, 2.75) is 23.8 Å². The van der Waals surface area contributed by atoms with Gasteiger partial charge in [0.15, 0.2) is 0 Å². The Morgan fingerprint density at radius 2 is 1.77 bits per heavy atom. The molecule has 4 rings (SSSR count). The molecule has 0 N–H and O–H groups in total. The van der Waals surface area contributed by atoms with Crippen LogP contribution in [0.5, 0.6) is 5.75 Å². The zero-order valence-electron chi connectivity index (χ0n) is 14.8. The Bertz CT molecular complexity index is 1160. The van der Waals surface area contributed by atoms with Crippen LogP contribution in [0.4, 0.5) is 22.0 Å². The van der Waals surface area contributed by atoms with E-state index in [1.165, 1.54) is 16.8 Å². The maximum absolute atomic E-state index is 13.5. The van der Waals surface area contributed by atoms with E-state index < -0.39 is 12.9 Å². The number of tetrazole rings is 1. The van der Waals surface area contributed by atoms with Gasteiger partial charge in [-0.05, 0) is 46.8 Å². The third kappa shape index (κ3) is 4.20. The minimum atomic E-state index is -4.80. The smallest absolute Gasteiger partial charge is 0.406 e. The standard InChI is InChI=1S/C17H11F5N6OS/c18-15(19)27-13-4-2-1-3-12(13)23-14(27)9-30-16-24-25-26-28(16)10-5-7-11(8-6-10)29-17(20,21)22/h1-8,15H,9H2. The number of alkyl halides is 5. The summed E-state index contributed by atoms with van der Waals surface area (Å²) in [6.45, 7) is -2.77. The van der Waals surface area contributed by atoms with Crippen LogP contribution in [-0.4, -0.2) is 36.1 Å². The molecule has 0 saturated carbocycles. The predicted octanol–water partition coefficient (Wildman–Crippen LogP) is 4.60. The lowest BCUT2D eigenvalue weighted by Crippen LogP contribution is -2.17. The number of aromatic nitrogens is 6. The number of para-hydroxylation sites is 2. The Hall–Kier alpha value is -3.22. The number of benzene rings is 2. The van der Waals surface area contributed by atoms with E-state index in [2.05, 4.69) is 25.2 Å². The normalized spacial score (nSPS) is 12.1. The number of imidazole rings is 1. The third-order valence-corrected chi connectivity index (χ3v) is 4.87. The lowest BCUT2D eigenvalue weighted by Gasteiger charge is -2.10. The van der Waals surface area contributed by atoms with E-state index in [1.807, 2.05) is 0 Å². The summed E-state index contributed by atoms with van der Waals surface area (Å²) < 4.78 is 69.8. The summed E-state index contributed by atoms with van der Waals surface area (Å²) in [5, 5.41) is 11.5. The number of fused-ring (bicyclic) bond motifs is 1. The average Bonchev–Trinajstić information content (AvgIpc) is 3.29. The highest BCUT2D eigenvalue weighted by Gasteiger charge is 2.31. The molecule has 13 heteroatoms. The summed E-state index contributed by atoms with van der Waals surface area (Å²) in [6.07, 6.45) is -4.80. The molecule has 4 aromatic rings. The summed E-state index contributed by atoms with van der Waals surface area (Å²) in [6, 6.07) is 11.5. The second kappa shape index (κ2) is 7.89. The Morgan fingerprint density at radius 3 is 2.47 bits per heavy atom. The van der Waals surface area contributed by atoms with Gasteiger partial charge in [0.05, 0.1) is 22.5 Å². The maximum Gasteiger partial charge on any atom is 0.573 e. The largest absolute Gasteiger partial charge is 0.573 e. The topological polar surface area (TPSA) is 70.7 Å². The minimum Gasteiger partial charge on any atom is -0.406 e. The minimum absolute atomic E-state index is 0.0503. The van der Waals surface area contributed by atoms with Gasteiger partial charge in [0, 0.05) is 0 Å². The van der Waals surface area contributed by atoms with E-state index in [9.17, 15) is 22.0 Å². The predicted molar refractivity (Wildman–Crippen MR) is 96.4 cm³/mol. The number of hydrogen-bond acceptors (Lipinski definition) is 6. The molecule has 0 aliphatic carbocycles. The van der Waals surface area contributed by atoms with E-state index in [0.717, 1.165) is 28.5 Å². The molecule has 0 saturated heterocycles. The lowest BCUT2D eigenvalue weighted by atomic mass is 10.3. The fourth-order valence-corrected chi connectivity index (χ4v) is 3.58. The number of rotatable bonds is 6. The van der Waals surface area contributed by atoms with E-state index in [0.29, 0.717) is 16.7 Å². The molecule has 0 fully saturated rings. The summed E-state index contributed by atoms with van der Waals surface area (Å²) in [4.78, 5) is 4.24. The van der Waals surface area contributed by atoms with Gasteiger partial charge < -0.3 is 4.74 Å². The Kier molecular flexibility index (Phi) is 5.28. The van der Waals surface area contributed by atoms with Crippen molar-refractivity contribution in [3.8, 4) is 11.4 Å². The van der Waals surface area contributed by atoms with Crippen molar-refractivity contribution in [1.82, 2.24) is 29.8 Å². The van der Waals surface area contributed by atoms with Crippen molar-refractivity contribution in [3.63, 3.8) is 0 Å². The van der Waals surface area contributed by atoms with Gasteiger partial charge in [0.25, 0.3) is 0 Å². The number of hydrogen-bond donors (Lipinski definition) is 0. The van der Waals surface area contributed by atoms with Crippen molar-refractivity contribution in [1.29, 1.82) is 0 Å². The highest BCUT2D eigenvalue weighted by atomic mass is 32.2. The number of thioether (sulfide) groups is 1. The highest BCUT2D eigenvalue weighted by molar-refractivity contribution is 7.98. The molecule has 7 nitrogen and oxygen atoms in total. The summed E-state index contributed by atoms with van der Waals surface area (Å²) in [5.41, 5.74) is 1.12. The molecular weight excluding hydrogens is 431 g/mol. The lowest BCUT2D eigenvalue weighted by molar-refractivity contribution is -0.274. The molecule has 0 atom stereocenters. The Balaban J connectivity index is 1.55. The highest BCUT2D eigenvalue weighted by Crippen LogP contribution is 2.29. The fraction of sp³-hybridized carbons (Fsp3) is 0.176. The maximum atomic E-state index is 13.5. The van der Waals surface area contributed by atoms with Gasteiger partial charge >= 0.3 is 12.9 Å². The molecule has 30 heavy (non-hydrogen) atoms. The van der Waals surface area contributed by atoms with Crippen molar-refractivity contribution in [2.75, 3.05) is 0 Å². The second-order valence-corrected chi connectivity index (χ2v) is 6.81. The second-order valence-electron chi connectivity index (χ2n) is 5.87. The molecule has 2 heterocycles. The van der Waals surface area contributed by atoms with E-state index in [4.69, 9.17) is 0 Å². The summed E-state index contributed by atoms with van der Waals surface area (Å²) >= 11 is 1.06. The van der Waals surface area contributed by atoms with Crippen molar-refractivity contribution in [3.05, 3.63) is 54.4 Å². The first-order chi connectivity index (χ1) is 14.3. The van der Waals surface area contributed by atoms with Crippen LogP contribution in [0.25, 0.3) is 16.7 Å². The van der Waals surface area contributed by atoms with Crippen LogP contribution in [-0.2, 0) is 5.75 Å². The van der Waals surface area contributed by atoms with Gasteiger partial charge in [-0.2, -0.15) is 13.5 Å². The van der Waals surface area contributed by atoms with Crippen LogP contribution in [0.15, 0.2) is 53.7 Å². The quantitative estimate of drug-likeness (QED) is 0.321. The fourth-order valence-electron chi connectivity index (χ4n) is 2.76. The molecule has 0 aliphatic rings. The summed E-state index contributed by atoms with van der Waals surface area (Å²) in [5.74, 6) is -0.201. The molecule has 0 aliphatic heterocycles. The summed E-state index contributed by atoms with van der Waals surface area (Å²) in [7, 11) is 0. The molecule has 0 spiro atoms. The SMILES string of the molecule is FC(F)n1c(CSc2nnnn2-c2ccc(OC(F)(F)F)cc2)nc2ccccc21.